The van der Waals surface area contributed by atoms with E-state index in [4.69, 9.17) is 4.52 Å². The van der Waals surface area contributed by atoms with Gasteiger partial charge < -0.3 is 9.26 Å². The molecule has 0 amide bonds. The van der Waals surface area contributed by atoms with Gasteiger partial charge in [-0.3, -0.25) is 0 Å². The molecule has 34 heavy (non-hydrogen) atoms. The number of nitrogens with zero attached hydrogens (tertiary/aromatic N) is 1. The van der Waals surface area contributed by atoms with Crippen molar-refractivity contribution in [2.75, 3.05) is 7.11 Å². The van der Waals surface area contributed by atoms with E-state index < -0.39 is 17.7 Å². The fraction of sp³-hybridized carbons (Fsp3) is 0.308. The van der Waals surface area contributed by atoms with Gasteiger partial charge in [-0.05, 0) is 78.1 Å². The number of ether oxygens (including phenoxy) is 1. The minimum Gasteiger partial charge on any atom is -0.466 e. The van der Waals surface area contributed by atoms with E-state index in [0.29, 0.717) is 23.1 Å². The van der Waals surface area contributed by atoms with Crippen LogP contribution in [0.4, 0.5) is 13.2 Å². The van der Waals surface area contributed by atoms with Crippen molar-refractivity contribution in [2.45, 2.75) is 45.7 Å². The van der Waals surface area contributed by atoms with Crippen LogP contribution >= 0.6 is 11.3 Å². The van der Waals surface area contributed by atoms with Crippen LogP contribution in [0.3, 0.4) is 0 Å². The predicted octanol–water partition coefficient (Wildman–Crippen LogP) is 7.46. The minimum atomic E-state index is -4.36. The second kappa shape index (κ2) is 9.25. The molecule has 0 spiro atoms. The standard InChI is InChI=1S/C26H24F3NO3S/c1-14(2)25-18-7-6-17(26(27,28)29)13-23(18)34-22(25)9-8-20-19-11-15(3)16(5-10-24(31)32-4)12-21(19)33-30-20/h5-7,10-14H,8-9H2,1-4H3/b10-5+. The molecule has 0 saturated carbocycles. The lowest BCUT2D eigenvalue weighted by atomic mass is 9.96. The van der Waals surface area contributed by atoms with Crippen LogP contribution in [-0.4, -0.2) is 18.2 Å². The number of benzene rings is 2. The molecule has 0 saturated heterocycles. The first-order valence-corrected chi connectivity index (χ1v) is 11.7. The number of hydrogen-bond donors (Lipinski definition) is 0. The Balaban J connectivity index is 1.64. The summed E-state index contributed by atoms with van der Waals surface area (Å²) in [5, 5.41) is 6.01. The number of aromatic nitrogens is 1. The lowest BCUT2D eigenvalue weighted by Gasteiger charge is -2.09. The van der Waals surface area contributed by atoms with Gasteiger partial charge in [-0.25, -0.2) is 4.79 Å². The molecule has 8 heteroatoms. The SMILES string of the molecule is COC(=O)/C=C/c1cc2onc(CCc3sc4cc(C(F)(F)F)ccc4c3C(C)C)c2cc1C. The predicted molar refractivity (Wildman–Crippen MR) is 128 cm³/mol. The molecule has 2 aromatic heterocycles. The first-order valence-electron chi connectivity index (χ1n) is 10.9. The summed E-state index contributed by atoms with van der Waals surface area (Å²) in [5.74, 6) is -0.259. The number of rotatable bonds is 6. The topological polar surface area (TPSA) is 52.3 Å². The van der Waals surface area contributed by atoms with Gasteiger partial charge >= 0.3 is 12.1 Å². The molecule has 0 bridgehead atoms. The van der Waals surface area contributed by atoms with Gasteiger partial charge in [0.05, 0.1) is 18.4 Å². The van der Waals surface area contributed by atoms with Crippen LogP contribution in [0, 0.1) is 6.92 Å². The van der Waals surface area contributed by atoms with Crippen molar-refractivity contribution >= 4 is 44.4 Å². The summed E-state index contributed by atoms with van der Waals surface area (Å²) in [6.45, 7) is 6.05. The molecule has 0 aliphatic rings. The van der Waals surface area contributed by atoms with E-state index in [0.717, 1.165) is 44.1 Å². The fourth-order valence-electron chi connectivity index (χ4n) is 4.14. The largest absolute Gasteiger partial charge is 0.466 e. The number of esters is 1. The first-order chi connectivity index (χ1) is 16.1. The Bertz CT molecular complexity index is 1400. The molecular weight excluding hydrogens is 463 g/mol. The quantitative estimate of drug-likeness (QED) is 0.209. The summed E-state index contributed by atoms with van der Waals surface area (Å²) in [4.78, 5) is 12.5. The zero-order chi connectivity index (χ0) is 24.6. The molecule has 0 radical (unpaired) electrons. The van der Waals surface area contributed by atoms with E-state index >= 15 is 0 Å². The molecule has 0 fully saturated rings. The van der Waals surface area contributed by atoms with Crippen molar-refractivity contribution in [3.05, 3.63) is 69.2 Å². The zero-order valence-corrected chi connectivity index (χ0v) is 20.1. The number of carbonyl (C=O) groups excluding carboxylic acids is 1. The van der Waals surface area contributed by atoms with Crippen molar-refractivity contribution in [3.63, 3.8) is 0 Å². The van der Waals surface area contributed by atoms with Gasteiger partial charge in [0, 0.05) is 21.0 Å². The number of fused-ring (bicyclic) bond motifs is 2. The van der Waals surface area contributed by atoms with Crippen molar-refractivity contribution in [1.82, 2.24) is 5.16 Å². The Hall–Kier alpha value is -3.13. The van der Waals surface area contributed by atoms with E-state index in [1.165, 1.54) is 30.6 Å². The number of hydrogen-bond acceptors (Lipinski definition) is 5. The molecule has 2 heterocycles. The van der Waals surface area contributed by atoms with Gasteiger partial charge in [-0.1, -0.05) is 25.1 Å². The average Bonchev–Trinajstić information content (AvgIpc) is 3.34. The van der Waals surface area contributed by atoms with Crippen molar-refractivity contribution in [3.8, 4) is 0 Å². The Kier molecular flexibility index (Phi) is 6.53. The molecule has 4 aromatic rings. The number of methoxy groups -OCH3 is 1. The third-order valence-corrected chi connectivity index (χ3v) is 7.06. The third-order valence-electron chi connectivity index (χ3n) is 5.83. The lowest BCUT2D eigenvalue weighted by molar-refractivity contribution is -0.137. The molecule has 4 rings (SSSR count). The van der Waals surface area contributed by atoms with Gasteiger partial charge in [0.1, 0.15) is 0 Å². The first kappa shape index (κ1) is 24.0. The molecule has 0 aliphatic heterocycles. The number of carbonyl (C=O) groups is 1. The molecule has 0 aliphatic carbocycles. The number of thiophene rings is 1. The van der Waals surface area contributed by atoms with Crippen LogP contribution in [0.2, 0.25) is 0 Å². The summed E-state index contributed by atoms with van der Waals surface area (Å²) in [6.07, 6.45) is -0.0886. The monoisotopic (exact) mass is 487 g/mol. The second-order valence-electron chi connectivity index (χ2n) is 8.49. The Morgan fingerprint density at radius 3 is 2.62 bits per heavy atom. The zero-order valence-electron chi connectivity index (χ0n) is 19.2. The van der Waals surface area contributed by atoms with Gasteiger partial charge in [0.15, 0.2) is 5.58 Å². The molecule has 2 aromatic carbocycles. The highest BCUT2D eigenvalue weighted by molar-refractivity contribution is 7.19. The van der Waals surface area contributed by atoms with Crippen molar-refractivity contribution < 1.29 is 27.2 Å². The highest BCUT2D eigenvalue weighted by Crippen LogP contribution is 2.40. The Labute approximate surface area is 199 Å². The maximum atomic E-state index is 13.2. The summed E-state index contributed by atoms with van der Waals surface area (Å²) >= 11 is 1.42. The second-order valence-corrected chi connectivity index (χ2v) is 9.63. The van der Waals surface area contributed by atoms with Gasteiger partial charge in [0.2, 0.25) is 0 Å². The molecule has 0 unspecified atom stereocenters. The van der Waals surface area contributed by atoms with Crippen LogP contribution in [0.1, 0.15) is 52.6 Å². The summed E-state index contributed by atoms with van der Waals surface area (Å²) in [5.41, 5.74) is 3.66. The molecule has 0 N–H and O–H groups in total. The van der Waals surface area contributed by atoms with Crippen LogP contribution in [0.5, 0.6) is 0 Å². The van der Waals surface area contributed by atoms with E-state index in [2.05, 4.69) is 23.7 Å². The molecule has 4 nitrogen and oxygen atoms in total. The van der Waals surface area contributed by atoms with E-state index in [-0.39, 0.29) is 5.92 Å². The minimum absolute atomic E-state index is 0.181. The van der Waals surface area contributed by atoms with E-state index in [1.54, 1.807) is 12.1 Å². The third kappa shape index (κ3) is 4.73. The Morgan fingerprint density at radius 1 is 1.18 bits per heavy atom. The smallest absolute Gasteiger partial charge is 0.416 e. The summed E-state index contributed by atoms with van der Waals surface area (Å²) < 4.78 is 50.4. The van der Waals surface area contributed by atoms with Crippen molar-refractivity contribution in [1.29, 1.82) is 0 Å². The van der Waals surface area contributed by atoms with E-state index in [1.807, 2.05) is 19.1 Å². The maximum absolute atomic E-state index is 13.2. The maximum Gasteiger partial charge on any atom is 0.416 e. The average molecular weight is 488 g/mol. The highest BCUT2D eigenvalue weighted by Gasteiger charge is 2.31. The highest BCUT2D eigenvalue weighted by atomic mass is 32.1. The van der Waals surface area contributed by atoms with Gasteiger partial charge in [-0.2, -0.15) is 13.2 Å². The van der Waals surface area contributed by atoms with Crippen LogP contribution < -0.4 is 0 Å². The van der Waals surface area contributed by atoms with E-state index in [9.17, 15) is 18.0 Å². The number of aryl methyl sites for hydroxylation is 3. The fourth-order valence-corrected chi connectivity index (χ4v) is 5.54. The number of alkyl halides is 3. The Morgan fingerprint density at radius 2 is 1.94 bits per heavy atom. The normalized spacial score (nSPS) is 12.5. The van der Waals surface area contributed by atoms with Gasteiger partial charge in [-0.15, -0.1) is 11.3 Å². The molecular formula is C26H24F3NO3S. The number of halogens is 3. The van der Waals surface area contributed by atoms with Crippen molar-refractivity contribution in [2.24, 2.45) is 0 Å². The van der Waals surface area contributed by atoms with Gasteiger partial charge in [0.25, 0.3) is 0 Å². The summed E-state index contributed by atoms with van der Waals surface area (Å²) in [6, 6.07) is 7.80. The molecule has 178 valence electrons. The van der Waals surface area contributed by atoms with Crippen LogP contribution in [0.25, 0.3) is 27.1 Å². The van der Waals surface area contributed by atoms with Crippen LogP contribution in [-0.2, 0) is 28.5 Å². The lowest BCUT2D eigenvalue weighted by Crippen LogP contribution is -2.03. The van der Waals surface area contributed by atoms with Crippen LogP contribution in [0.15, 0.2) is 40.9 Å². The summed E-state index contributed by atoms with van der Waals surface area (Å²) in [7, 11) is 1.32. The molecule has 0 atom stereocenters.